The van der Waals surface area contributed by atoms with Crippen LogP contribution in [0.25, 0.3) is 0 Å². The molecule has 0 aromatic carbocycles. The van der Waals surface area contributed by atoms with Crippen molar-refractivity contribution in [3.05, 3.63) is 23.9 Å². The molecule has 1 aromatic heterocycles. The van der Waals surface area contributed by atoms with Crippen LogP contribution < -0.4 is 15.4 Å². The number of pyridine rings is 1. The Morgan fingerprint density at radius 1 is 1.38 bits per heavy atom. The van der Waals surface area contributed by atoms with Crippen LogP contribution in [0.4, 0.5) is 0 Å². The van der Waals surface area contributed by atoms with Gasteiger partial charge in [-0.1, -0.05) is 0 Å². The van der Waals surface area contributed by atoms with E-state index in [1.165, 1.54) is 12.8 Å². The molecule has 2 rings (SSSR count). The Balaban J connectivity index is 1.83. The molecule has 0 amide bonds. The first kappa shape index (κ1) is 18.9. The number of guanidine groups is 1. The van der Waals surface area contributed by atoms with Crippen molar-refractivity contribution in [2.24, 2.45) is 4.99 Å². The summed E-state index contributed by atoms with van der Waals surface area (Å²) in [4.78, 5) is 8.62. The van der Waals surface area contributed by atoms with Gasteiger partial charge in [0.2, 0.25) is 5.88 Å². The van der Waals surface area contributed by atoms with Gasteiger partial charge in [0.1, 0.15) is 6.10 Å². The molecule has 0 bridgehead atoms. The predicted octanol–water partition coefficient (Wildman–Crippen LogP) is 3.21. The third-order valence-electron chi connectivity index (χ3n) is 4.31. The highest BCUT2D eigenvalue weighted by Crippen LogP contribution is 2.23. The van der Waals surface area contributed by atoms with Gasteiger partial charge in [0.05, 0.1) is 0 Å². The molecule has 0 radical (unpaired) electrons. The van der Waals surface area contributed by atoms with Crippen LogP contribution in [0.1, 0.15) is 45.1 Å². The largest absolute Gasteiger partial charge is 0.474 e. The molecule has 134 valence electrons. The zero-order valence-corrected chi connectivity index (χ0v) is 16.1. The van der Waals surface area contributed by atoms with E-state index in [4.69, 9.17) is 4.74 Å². The van der Waals surface area contributed by atoms with Gasteiger partial charge in [-0.2, -0.15) is 11.8 Å². The van der Waals surface area contributed by atoms with Crippen LogP contribution in [0, 0.1) is 0 Å². The van der Waals surface area contributed by atoms with Crippen LogP contribution in [0.15, 0.2) is 23.3 Å². The molecular weight excluding hydrogens is 320 g/mol. The number of thioether (sulfide) groups is 1. The summed E-state index contributed by atoms with van der Waals surface area (Å²) in [6, 6.07) is 4.03. The lowest BCUT2D eigenvalue weighted by atomic mass is 10.2. The van der Waals surface area contributed by atoms with Crippen LogP contribution in [-0.4, -0.2) is 41.6 Å². The summed E-state index contributed by atoms with van der Waals surface area (Å²) in [6.07, 6.45) is 9.09. The monoisotopic (exact) mass is 350 g/mol. The summed E-state index contributed by atoms with van der Waals surface area (Å²) in [6.45, 7) is 5.99. The van der Waals surface area contributed by atoms with Gasteiger partial charge >= 0.3 is 0 Å². The SMILES string of the molecule is CN=C(NCc1ccnc(OC2CCCC2)c1)NCC(C)(C)SC. The molecule has 5 nitrogen and oxygen atoms in total. The lowest BCUT2D eigenvalue weighted by Gasteiger charge is -2.23. The van der Waals surface area contributed by atoms with Crippen molar-refractivity contribution in [1.82, 2.24) is 15.6 Å². The average Bonchev–Trinajstić information content (AvgIpc) is 3.08. The minimum Gasteiger partial charge on any atom is -0.474 e. The number of nitrogens with one attached hydrogen (secondary N) is 2. The average molecular weight is 351 g/mol. The highest BCUT2D eigenvalue weighted by Gasteiger charge is 2.17. The normalized spacial score (nSPS) is 16.2. The van der Waals surface area contributed by atoms with Crippen molar-refractivity contribution in [3.8, 4) is 5.88 Å². The maximum atomic E-state index is 5.97. The Kier molecular flexibility index (Phi) is 7.21. The van der Waals surface area contributed by atoms with E-state index in [9.17, 15) is 0 Å². The van der Waals surface area contributed by atoms with Crippen LogP contribution in [0.2, 0.25) is 0 Å². The number of aliphatic imine (C=N–C) groups is 1. The third kappa shape index (κ3) is 6.23. The lowest BCUT2D eigenvalue weighted by Crippen LogP contribution is -2.42. The van der Waals surface area contributed by atoms with Crippen molar-refractivity contribution in [1.29, 1.82) is 0 Å². The molecular formula is C18H30N4OS. The maximum absolute atomic E-state index is 5.97. The number of hydrogen-bond donors (Lipinski definition) is 2. The van der Waals surface area contributed by atoms with Crippen LogP contribution in [-0.2, 0) is 6.54 Å². The predicted molar refractivity (Wildman–Crippen MR) is 103 cm³/mol. The van der Waals surface area contributed by atoms with Crippen LogP contribution >= 0.6 is 11.8 Å². The lowest BCUT2D eigenvalue weighted by molar-refractivity contribution is 0.201. The second kappa shape index (κ2) is 9.16. The summed E-state index contributed by atoms with van der Waals surface area (Å²) in [5, 5.41) is 6.72. The first-order chi connectivity index (χ1) is 11.5. The zero-order chi connectivity index (χ0) is 17.4. The highest BCUT2D eigenvalue weighted by molar-refractivity contribution is 7.99. The van der Waals surface area contributed by atoms with E-state index in [0.717, 1.165) is 36.8 Å². The summed E-state index contributed by atoms with van der Waals surface area (Å²) in [5.41, 5.74) is 1.14. The van der Waals surface area contributed by atoms with E-state index in [0.29, 0.717) is 12.6 Å². The first-order valence-corrected chi connectivity index (χ1v) is 9.86. The number of hydrogen-bond acceptors (Lipinski definition) is 4. The number of nitrogens with zero attached hydrogens (tertiary/aromatic N) is 2. The van der Waals surface area contributed by atoms with Gasteiger partial charge in [0.25, 0.3) is 0 Å². The van der Waals surface area contributed by atoms with Crippen LogP contribution in [0.5, 0.6) is 5.88 Å². The minimum absolute atomic E-state index is 0.177. The molecule has 1 aliphatic rings. The smallest absolute Gasteiger partial charge is 0.213 e. The summed E-state index contributed by atoms with van der Waals surface area (Å²) < 4.78 is 6.15. The summed E-state index contributed by atoms with van der Waals surface area (Å²) in [7, 11) is 1.79. The highest BCUT2D eigenvalue weighted by atomic mass is 32.2. The molecule has 2 N–H and O–H groups in total. The van der Waals surface area contributed by atoms with E-state index in [2.05, 4.69) is 40.7 Å². The molecule has 1 heterocycles. The molecule has 1 fully saturated rings. The minimum atomic E-state index is 0.177. The Labute approximate surface area is 150 Å². The fourth-order valence-corrected chi connectivity index (χ4v) is 2.79. The zero-order valence-electron chi connectivity index (χ0n) is 15.3. The van der Waals surface area contributed by atoms with Crippen molar-refractivity contribution in [3.63, 3.8) is 0 Å². The first-order valence-electron chi connectivity index (χ1n) is 8.63. The Morgan fingerprint density at radius 3 is 2.79 bits per heavy atom. The van der Waals surface area contributed by atoms with Crippen molar-refractivity contribution in [2.75, 3.05) is 19.8 Å². The van der Waals surface area contributed by atoms with E-state index in [-0.39, 0.29) is 4.75 Å². The van der Waals surface area contributed by atoms with Gasteiger partial charge in [-0.25, -0.2) is 4.98 Å². The molecule has 24 heavy (non-hydrogen) atoms. The summed E-state index contributed by atoms with van der Waals surface area (Å²) >= 11 is 1.84. The van der Waals surface area contributed by atoms with E-state index < -0.39 is 0 Å². The summed E-state index contributed by atoms with van der Waals surface area (Å²) in [5.74, 6) is 1.54. The Bertz CT molecular complexity index is 542. The Morgan fingerprint density at radius 2 is 2.12 bits per heavy atom. The molecule has 0 saturated heterocycles. The second-order valence-electron chi connectivity index (χ2n) is 6.77. The standard InChI is InChI=1S/C18H30N4OS/c1-18(2,24-4)13-22-17(19-3)21-12-14-9-10-20-16(11-14)23-15-7-5-6-8-15/h9-11,15H,5-8,12-13H2,1-4H3,(H2,19,21,22). The van der Waals surface area contributed by atoms with Crippen molar-refractivity contribution < 1.29 is 4.74 Å². The van der Waals surface area contributed by atoms with Crippen molar-refractivity contribution in [2.45, 2.75) is 56.9 Å². The molecule has 0 unspecified atom stereocenters. The molecule has 6 heteroatoms. The van der Waals surface area contributed by atoms with E-state index >= 15 is 0 Å². The van der Waals surface area contributed by atoms with Gasteiger partial charge in [0, 0.05) is 37.1 Å². The molecule has 1 saturated carbocycles. The van der Waals surface area contributed by atoms with Gasteiger partial charge < -0.3 is 15.4 Å². The third-order valence-corrected chi connectivity index (χ3v) is 5.56. The number of ether oxygens (including phenoxy) is 1. The van der Waals surface area contributed by atoms with Gasteiger partial charge in [0.15, 0.2) is 5.96 Å². The fraction of sp³-hybridized carbons (Fsp3) is 0.667. The van der Waals surface area contributed by atoms with Crippen LogP contribution in [0.3, 0.4) is 0 Å². The molecule has 1 aromatic rings. The Hall–Kier alpha value is -1.43. The number of aromatic nitrogens is 1. The van der Waals surface area contributed by atoms with Gasteiger partial charge in [-0.05, 0) is 57.4 Å². The fourth-order valence-electron chi connectivity index (χ4n) is 2.58. The van der Waals surface area contributed by atoms with E-state index in [1.54, 1.807) is 7.05 Å². The maximum Gasteiger partial charge on any atom is 0.213 e. The second-order valence-corrected chi connectivity index (χ2v) is 8.28. The molecule has 0 aliphatic heterocycles. The van der Waals surface area contributed by atoms with Crippen molar-refractivity contribution >= 4 is 17.7 Å². The molecule has 0 atom stereocenters. The van der Waals surface area contributed by atoms with E-state index in [1.807, 2.05) is 30.1 Å². The quantitative estimate of drug-likeness (QED) is 0.584. The van der Waals surface area contributed by atoms with Gasteiger partial charge in [-0.15, -0.1) is 0 Å². The van der Waals surface area contributed by atoms with Gasteiger partial charge in [-0.3, -0.25) is 4.99 Å². The number of rotatable bonds is 7. The molecule has 1 aliphatic carbocycles. The molecule has 0 spiro atoms. The topological polar surface area (TPSA) is 58.5 Å².